The predicted octanol–water partition coefficient (Wildman–Crippen LogP) is 3.76. The fourth-order valence-corrected chi connectivity index (χ4v) is 5.05. The van der Waals surface area contributed by atoms with E-state index in [9.17, 15) is 9.59 Å². The lowest BCUT2D eigenvalue weighted by molar-refractivity contribution is -0.125. The molecule has 0 radical (unpaired) electrons. The van der Waals surface area contributed by atoms with Gasteiger partial charge in [0.15, 0.2) is 0 Å². The van der Waals surface area contributed by atoms with E-state index in [1.165, 1.54) is 6.42 Å². The topological polar surface area (TPSA) is 61.4 Å². The third kappa shape index (κ3) is 4.62. The van der Waals surface area contributed by atoms with E-state index >= 15 is 0 Å². The van der Waals surface area contributed by atoms with Gasteiger partial charge in [0, 0.05) is 18.2 Å². The molecule has 30 heavy (non-hydrogen) atoms. The normalized spacial score (nSPS) is 23.0. The highest BCUT2D eigenvalue weighted by atomic mass is 35.5. The number of fused-ring (bicyclic) bond motifs is 2. The van der Waals surface area contributed by atoms with Gasteiger partial charge in [0.25, 0.3) is 5.91 Å². The van der Waals surface area contributed by atoms with Crippen molar-refractivity contribution in [2.75, 3.05) is 20.1 Å². The quantitative estimate of drug-likeness (QED) is 0.687. The van der Waals surface area contributed by atoms with Gasteiger partial charge in [-0.25, -0.2) is 0 Å². The number of likely N-dealkylation sites (tertiary alicyclic amines) is 1. The number of carbonyl (C=O) groups is 2. The van der Waals surface area contributed by atoms with Crippen LogP contribution in [0.5, 0.6) is 0 Å². The Morgan fingerprint density at radius 2 is 1.80 bits per heavy atom. The molecule has 2 aromatic carbocycles. The Labute approximate surface area is 185 Å². The summed E-state index contributed by atoms with van der Waals surface area (Å²) in [7, 11) is 1.91. The second kappa shape index (κ2) is 10.3. The van der Waals surface area contributed by atoms with Crippen molar-refractivity contribution in [1.29, 1.82) is 0 Å². The molecular weight excluding hydrogens is 398 g/mol. The van der Waals surface area contributed by atoms with E-state index in [1.54, 1.807) is 0 Å². The zero-order valence-electron chi connectivity index (χ0n) is 17.6. The number of nitrogens with zero attached hydrogens (tertiary/aromatic N) is 1. The number of nitrogens with one attached hydrogen (secondary N) is 2. The van der Waals surface area contributed by atoms with Crippen LogP contribution in [0.15, 0.2) is 42.5 Å². The van der Waals surface area contributed by atoms with Gasteiger partial charge in [-0.2, -0.15) is 0 Å². The van der Waals surface area contributed by atoms with E-state index in [1.807, 2.05) is 48.3 Å². The van der Waals surface area contributed by atoms with Crippen LogP contribution in [-0.4, -0.2) is 48.9 Å². The van der Waals surface area contributed by atoms with E-state index in [-0.39, 0.29) is 36.3 Å². The van der Waals surface area contributed by atoms with Crippen LogP contribution in [0.1, 0.15) is 48.9 Å². The maximum atomic E-state index is 13.6. The fourth-order valence-electron chi connectivity index (χ4n) is 5.05. The molecule has 5 nitrogen and oxygen atoms in total. The molecular formula is C24H32ClN3O2. The summed E-state index contributed by atoms with van der Waals surface area (Å²) in [5.41, 5.74) is 0.683. The van der Waals surface area contributed by atoms with Crippen LogP contribution in [0.2, 0.25) is 0 Å². The Kier molecular flexibility index (Phi) is 7.73. The van der Waals surface area contributed by atoms with Gasteiger partial charge in [0.05, 0.1) is 0 Å². The molecule has 2 aliphatic rings. The molecule has 2 N–H and O–H groups in total. The Morgan fingerprint density at radius 1 is 1.03 bits per heavy atom. The summed E-state index contributed by atoms with van der Waals surface area (Å²) in [4.78, 5) is 28.5. The van der Waals surface area contributed by atoms with Gasteiger partial charge in [0.2, 0.25) is 5.91 Å². The molecule has 1 saturated carbocycles. The first kappa shape index (κ1) is 22.6. The van der Waals surface area contributed by atoms with Gasteiger partial charge >= 0.3 is 0 Å². The van der Waals surface area contributed by atoms with E-state index in [0.29, 0.717) is 18.0 Å². The molecule has 0 spiro atoms. The van der Waals surface area contributed by atoms with Crippen molar-refractivity contribution in [2.24, 2.45) is 5.92 Å². The molecule has 162 valence electrons. The molecule has 1 heterocycles. The third-order valence-corrected chi connectivity index (χ3v) is 6.52. The highest BCUT2D eigenvalue weighted by molar-refractivity contribution is 6.01. The number of hydrogen-bond donors (Lipinski definition) is 2. The Bertz CT molecular complexity index is 888. The molecule has 3 unspecified atom stereocenters. The summed E-state index contributed by atoms with van der Waals surface area (Å²) >= 11 is 0. The van der Waals surface area contributed by atoms with Crippen molar-refractivity contribution in [2.45, 2.75) is 50.6 Å². The molecule has 0 bridgehead atoms. The zero-order valence-corrected chi connectivity index (χ0v) is 18.4. The number of carbonyl (C=O) groups excluding carboxylic acids is 2. The molecule has 3 atom stereocenters. The van der Waals surface area contributed by atoms with Crippen molar-refractivity contribution in [1.82, 2.24) is 15.5 Å². The molecule has 1 saturated heterocycles. The van der Waals surface area contributed by atoms with Crippen LogP contribution in [0, 0.1) is 5.92 Å². The lowest BCUT2D eigenvalue weighted by Crippen LogP contribution is -2.49. The third-order valence-electron chi connectivity index (χ3n) is 6.52. The maximum Gasteiger partial charge on any atom is 0.254 e. The second-order valence-electron chi connectivity index (χ2n) is 8.39. The number of benzene rings is 2. The SMILES string of the molecule is CNCCCNC(=O)C1CC2CCCCC2N1C(=O)c1ccc2ccccc2c1.Cl. The van der Waals surface area contributed by atoms with Crippen LogP contribution in [0.4, 0.5) is 0 Å². The molecule has 6 heteroatoms. The van der Waals surface area contributed by atoms with Gasteiger partial charge in [-0.05, 0) is 68.1 Å². The van der Waals surface area contributed by atoms with Crippen molar-refractivity contribution in [3.8, 4) is 0 Å². The first-order valence-corrected chi connectivity index (χ1v) is 10.9. The monoisotopic (exact) mass is 429 g/mol. The van der Waals surface area contributed by atoms with E-state index in [2.05, 4.69) is 16.7 Å². The van der Waals surface area contributed by atoms with E-state index in [0.717, 1.165) is 49.4 Å². The van der Waals surface area contributed by atoms with Crippen LogP contribution in [0.3, 0.4) is 0 Å². The van der Waals surface area contributed by atoms with Crippen molar-refractivity contribution in [3.63, 3.8) is 0 Å². The average molecular weight is 430 g/mol. The summed E-state index contributed by atoms with van der Waals surface area (Å²) in [5, 5.41) is 8.35. The predicted molar refractivity (Wildman–Crippen MR) is 123 cm³/mol. The zero-order chi connectivity index (χ0) is 20.2. The Morgan fingerprint density at radius 3 is 2.60 bits per heavy atom. The molecule has 2 amide bonds. The number of rotatable bonds is 6. The van der Waals surface area contributed by atoms with Gasteiger partial charge in [-0.15, -0.1) is 12.4 Å². The molecule has 1 aliphatic heterocycles. The highest BCUT2D eigenvalue weighted by Crippen LogP contribution is 2.40. The standard InChI is InChI=1S/C24H31N3O2.ClH/c1-25-13-6-14-26-23(28)22-16-19-9-4-5-10-21(19)27(22)24(29)20-12-11-17-7-2-3-8-18(17)15-20;/h2-3,7-8,11-12,15,19,21-22,25H,4-6,9-10,13-14,16H2,1H3,(H,26,28);1H. The van der Waals surface area contributed by atoms with Crippen LogP contribution in [-0.2, 0) is 4.79 Å². The summed E-state index contributed by atoms with van der Waals surface area (Å²) in [6.07, 6.45) is 6.15. The van der Waals surface area contributed by atoms with Crippen LogP contribution >= 0.6 is 12.4 Å². The molecule has 2 fully saturated rings. The fraction of sp³-hybridized carbons (Fsp3) is 0.500. The highest BCUT2D eigenvalue weighted by Gasteiger charge is 2.47. The minimum Gasteiger partial charge on any atom is -0.354 e. The number of amides is 2. The van der Waals surface area contributed by atoms with Gasteiger partial charge in [-0.1, -0.05) is 43.2 Å². The van der Waals surface area contributed by atoms with Crippen molar-refractivity contribution in [3.05, 3.63) is 48.0 Å². The van der Waals surface area contributed by atoms with Crippen LogP contribution in [0.25, 0.3) is 10.8 Å². The first-order valence-electron chi connectivity index (χ1n) is 10.9. The van der Waals surface area contributed by atoms with E-state index in [4.69, 9.17) is 0 Å². The maximum absolute atomic E-state index is 13.6. The average Bonchev–Trinajstić information content (AvgIpc) is 3.15. The first-order chi connectivity index (χ1) is 14.2. The summed E-state index contributed by atoms with van der Waals surface area (Å²) < 4.78 is 0. The van der Waals surface area contributed by atoms with E-state index < -0.39 is 0 Å². The van der Waals surface area contributed by atoms with Crippen LogP contribution < -0.4 is 10.6 Å². The number of hydrogen-bond acceptors (Lipinski definition) is 3. The Hall–Kier alpha value is -2.11. The minimum atomic E-state index is -0.350. The summed E-state index contributed by atoms with van der Waals surface area (Å²) in [6.45, 7) is 1.51. The Balaban J connectivity index is 0.00000256. The molecule has 0 aromatic heterocycles. The summed E-state index contributed by atoms with van der Waals surface area (Å²) in [6, 6.07) is 13.8. The largest absolute Gasteiger partial charge is 0.354 e. The lowest BCUT2D eigenvalue weighted by atomic mass is 9.84. The second-order valence-corrected chi connectivity index (χ2v) is 8.39. The van der Waals surface area contributed by atoms with Gasteiger partial charge < -0.3 is 15.5 Å². The lowest BCUT2D eigenvalue weighted by Gasteiger charge is -2.33. The number of halogens is 1. The van der Waals surface area contributed by atoms with Crippen molar-refractivity contribution >= 4 is 35.0 Å². The van der Waals surface area contributed by atoms with Gasteiger partial charge in [-0.3, -0.25) is 9.59 Å². The molecule has 4 rings (SSSR count). The molecule has 1 aliphatic carbocycles. The van der Waals surface area contributed by atoms with Crippen molar-refractivity contribution < 1.29 is 9.59 Å². The molecule has 2 aromatic rings. The van der Waals surface area contributed by atoms with Gasteiger partial charge in [0.1, 0.15) is 6.04 Å². The minimum absolute atomic E-state index is 0. The summed E-state index contributed by atoms with van der Waals surface area (Å²) in [5.74, 6) is 0.450. The smallest absolute Gasteiger partial charge is 0.254 e.